The Morgan fingerprint density at radius 1 is 0.720 bits per heavy atom. The molecule has 0 fully saturated rings. The van der Waals surface area contributed by atoms with Gasteiger partial charge in [-0.25, -0.2) is 0 Å². The molecule has 0 aliphatic heterocycles. The van der Waals surface area contributed by atoms with Gasteiger partial charge in [0.25, 0.3) is 0 Å². The van der Waals surface area contributed by atoms with Crippen LogP contribution < -0.4 is 11.5 Å². The van der Waals surface area contributed by atoms with E-state index >= 15 is 0 Å². The van der Waals surface area contributed by atoms with Gasteiger partial charge in [-0.1, -0.05) is 60.7 Å². The largest absolute Gasteiger partial charge is 0.480 e. The van der Waals surface area contributed by atoms with Gasteiger partial charge < -0.3 is 21.7 Å². The van der Waals surface area contributed by atoms with Crippen LogP contribution in [0, 0.1) is 0 Å². The first kappa shape index (κ1) is 22.8. The quantitative estimate of drug-likeness (QED) is 0.590. The number of hydrogen-bond acceptors (Lipinski definition) is 4. The summed E-state index contributed by atoms with van der Waals surface area (Å²) < 4.78 is 0. The summed E-state index contributed by atoms with van der Waals surface area (Å²) in [5, 5.41) is 17.0. The molecule has 0 unspecified atom stereocenters. The van der Waals surface area contributed by atoms with Crippen molar-refractivity contribution < 1.29 is 36.6 Å². The molecule has 0 heterocycles. The second-order valence-corrected chi connectivity index (χ2v) is 5.27. The predicted octanol–water partition coefficient (Wildman–Crippen LogP) is 1.28. The minimum Gasteiger partial charge on any atom is -0.480 e. The van der Waals surface area contributed by atoms with E-state index < -0.39 is 24.0 Å². The summed E-state index contributed by atoms with van der Waals surface area (Å²) in [5.41, 5.74) is 12.6. The zero-order chi connectivity index (χ0) is 17.9. The van der Waals surface area contributed by atoms with E-state index in [-0.39, 0.29) is 16.8 Å². The summed E-state index contributed by atoms with van der Waals surface area (Å²) in [6, 6.07) is 17.1. The number of carboxylic acids is 2. The van der Waals surface area contributed by atoms with Crippen molar-refractivity contribution in [3.63, 3.8) is 0 Å². The molecule has 6 nitrogen and oxygen atoms in total. The molecule has 0 aliphatic carbocycles. The van der Waals surface area contributed by atoms with Crippen molar-refractivity contribution in [2.75, 3.05) is 0 Å². The second-order valence-electron chi connectivity index (χ2n) is 5.27. The molecule has 0 aliphatic rings. The maximum atomic E-state index is 10.4. The number of rotatable bonds is 6. The molecule has 0 spiro atoms. The van der Waals surface area contributed by atoms with Gasteiger partial charge in [-0.2, -0.15) is 0 Å². The molecule has 25 heavy (non-hydrogen) atoms. The standard InChI is InChI=1S/2C9H11NO2.Co/c2*10-8(9(11)12)6-7-4-2-1-3-5-7;/h2*1-5,8H,6,10H2,(H,11,12);/t2*8-;/m00./s1. The number of benzene rings is 2. The maximum absolute atomic E-state index is 10.4. The third-order valence-electron chi connectivity index (χ3n) is 3.23. The summed E-state index contributed by atoms with van der Waals surface area (Å²) >= 11 is 0. The Hall–Kier alpha value is -2.19. The fourth-order valence-corrected chi connectivity index (χ4v) is 1.91. The minimum absolute atomic E-state index is 0. The van der Waals surface area contributed by atoms with Gasteiger partial charge >= 0.3 is 11.9 Å². The average molecular weight is 389 g/mol. The molecule has 2 atom stereocenters. The van der Waals surface area contributed by atoms with Gasteiger partial charge in [-0.3, -0.25) is 9.59 Å². The molecule has 0 amide bonds. The Kier molecular flexibility index (Phi) is 11.1. The van der Waals surface area contributed by atoms with Crippen molar-refractivity contribution in [1.29, 1.82) is 0 Å². The Balaban J connectivity index is 0.000000443. The van der Waals surface area contributed by atoms with E-state index in [1.54, 1.807) is 0 Å². The van der Waals surface area contributed by atoms with Gasteiger partial charge in [-0.05, 0) is 24.0 Å². The molecule has 0 aromatic heterocycles. The minimum atomic E-state index is -0.959. The van der Waals surface area contributed by atoms with Crippen LogP contribution in [0.15, 0.2) is 60.7 Å². The van der Waals surface area contributed by atoms with E-state index in [0.29, 0.717) is 12.8 Å². The molecule has 0 saturated carbocycles. The first-order valence-electron chi connectivity index (χ1n) is 7.44. The fraction of sp³-hybridized carbons (Fsp3) is 0.222. The Bertz CT molecular complexity index is 581. The first-order chi connectivity index (χ1) is 11.4. The Labute approximate surface area is 157 Å². The maximum Gasteiger partial charge on any atom is 0.320 e. The number of carbonyl (C=O) groups is 2. The van der Waals surface area contributed by atoms with Crippen molar-refractivity contribution in [3.8, 4) is 0 Å². The summed E-state index contributed by atoms with van der Waals surface area (Å²) in [4.78, 5) is 20.8. The van der Waals surface area contributed by atoms with Gasteiger partial charge in [0.2, 0.25) is 0 Å². The van der Waals surface area contributed by atoms with Crippen molar-refractivity contribution in [2.24, 2.45) is 11.5 Å². The van der Waals surface area contributed by atoms with Crippen LogP contribution in [-0.2, 0) is 39.2 Å². The van der Waals surface area contributed by atoms with E-state index in [2.05, 4.69) is 0 Å². The van der Waals surface area contributed by atoms with Crippen molar-refractivity contribution in [2.45, 2.75) is 24.9 Å². The number of hydrogen-bond donors (Lipinski definition) is 4. The molecular weight excluding hydrogens is 367 g/mol. The van der Waals surface area contributed by atoms with Gasteiger partial charge in [0.1, 0.15) is 12.1 Å². The van der Waals surface area contributed by atoms with Crippen LogP contribution in [0.3, 0.4) is 0 Å². The molecule has 7 heteroatoms. The van der Waals surface area contributed by atoms with Crippen LogP contribution in [0.5, 0.6) is 0 Å². The van der Waals surface area contributed by atoms with E-state index in [9.17, 15) is 9.59 Å². The fourth-order valence-electron chi connectivity index (χ4n) is 1.91. The molecule has 2 aromatic carbocycles. The molecule has 1 radical (unpaired) electrons. The summed E-state index contributed by atoms with van der Waals surface area (Å²) in [7, 11) is 0. The van der Waals surface area contributed by atoms with Crippen LogP contribution in [0.1, 0.15) is 11.1 Å². The number of carboxylic acid groups (broad SMARTS) is 2. The van der Waals surface area contributed by atoms with Gasteiger partial charge in [0.05, 0.1) is 0 Å². The first-order valence-corrected chi connectivity index (χ1v) is 7.44. The van der Waals surface area contributed by atoms with Crippen LogP contribution in [0.2, 0.25) is 0 Å². The van der Waals surface area contributed by atoms with Crippen LogP contribution in [0.25, 0.3) is 0 Å². The van der Waals surface area contributed by atoms with Crippen molar-refractivity contribution in [3.05, 3.63) is 71.8 Å². The van der Waals surface area contributed by atoms with Gasteiger partial charge in [0, 0.05) is 16.8 Å². The average Bonchev–Trinajstić information content (AvgIpc) is 2.57. The van der Waals surface area contributed by atoms with Crippen LogP contribution in [-0.4, -0.2) is 34.2 Å². The Morgan fingerprint density at radius 3 is 1.24 bits per heavy atom. The molecule has 6 N–H and O–H groups in total. The third-order valence-corrected chi connectivity index (χ3v) is 3.23. The van der Waals surface area contributed by atoms with Gasteiger partial charge in [0.15, 0.2) is 0 Å². The van der Waals surface area contributed by atoms with Crippen molar-refractivity contribution >= 4 is 11.9 Å². The summed E-state index contributed by atoms with van der Waals surface area (Å²) in [6.45, 7) is 0. The molecule has 137 valence electrons. The molecular formula is C18H22CoN2O4. The van der Waals surface area contributed by atoms with Gasteiger partial charge in [-0.15, -0.1) is 0 Å². The van der Waals surface area contributed by atoms with Crippen LogP contribution >= 0.6 is 0 Å². The normalized spacial score (nSPS) is 11.9. The van der Waals surface area contributed by atoms with E-state index in [0.717, 1.165) is 11.1 Å². The molecule has 0 saturated heterocycles. The van der Waals surface area contributed by atoms with E-state index in [1.807, 2.05) is 60.7 Å². The smallest absolute Gasteiger partial charge is 0.320 e. The van der Waals surface area contributed by atoms with Crippen molar-refractivity contribution in [1.82, 2.24) is 0 Å². The van der Waals surface area contributed by atoms with Crippen LogP contribution in [0.4, 0.5) is 0 Å². The zero-order valence-corrected chi connectivity index (χ0v) is 14.6. The number of nitrogens with two attached hydrogens (primary N) is 2. The Morgan fingerprint density at radius 2 is 1.00 bits per heavy atom. The SMILES string of the molecule is N[C@@H](Cc1ccccc1)C(=O)O.N[C@@H](Cc1ccccc1)C(=O)O.[Co]. The number of aliphatic carboxylic acids is 2. The monoisotopic (exact) mass is 389 g/mol. The van der Waals surface area contributed by atoms with E-state index in [1.165, 1.54) is 0 Å². The predicted molar refractivity (Wildman–Crippen MR) is 91.5 cm³/mol. The summed E-state index contributed by atoms with van der Waals surface area (Å²) in [6.07, 6.45) is 0.770. The second kappa shape index (κ2) is 12.2. The topological polar surface area (TPSA) is 127 Å². The molecule has 2 rings (SSSR count). The zero-order valence-electron chi connectivity index (χ0n) is 13.5. The molecule has 0 bridgehead atoms. The van der Waals surface area contributed by atoms with E-state index in [4.69, 9.17) is 21.7 Å². The third kappa shape index (κ3) is 9.63. The molecule has 2 aromatic rings. The summed E-state index contributed by atoms with van der Waals surface area (Å²) in [5.74, 6) is -1.92.